The predicted molar refractivity (Wildman–Crippen MR) is 73.5 cm³/mol. The minimum Gasteiger partial charge on any atom is -0.317 e. The van der Waals surface area contributed by atoms with Crippen LogP contribution in [0.5, 0.6) is 0 Å². The average Bonchev–Trinajstić information content (AvgIpc) is 2.40. The maximum absolute atomic E-state index is 11.7. The summed E-state index contributed by atoms with van der Waals surface area (Å²) in [5.41, 5.74) is 1.25. The van der Waals surface area contributed by atoms with Gasteiger partial charge in [0.25, 0.3) is 0 Å². The summed E-state index contributed by atoms with van der Waals surface area (Å²) >= 11 is 0. The van der Waals surface area contributed by atoms with Crippen molar-refractivity contribution in [2.24, 2.45) is 5.92 Å². The van der Waals surface area contributed by atoms with Crippen molar-refractivity contribution in [1.29, 1.82) is 0 Å². The molecule has 1 aliphatic rings. The topological polar surface area (TPSA) is 46.2 Å². The molecule has 100 valence electrons. The van der Waals surface area contributed by atoms with Crippen molar-refractivity contribution in [2.75, 3.05) is 18.8 Å². The van der Waals surface area contributed by atoms with Crippen LogP contribution in [-0.2, 0) is 16.3 Å². The van der Waals surface area contributed by atoms with E-state index < -0.39 is 9.84 Å². The molecule has 1 heterocycles. The highest BCUT2D eigenvalue weighted by molar-refractivity contribution is 7.91. The highest BCUT2D eigenvalue weighted by Crippen LogP contribution is 2.19. The highest BCUT2D eigenvalue weighted by atomic mass is 32.2. The van der Waals surface area contributed by atoms with Gasteiger partial charge in [-0.2, -0.15) is 0 Å². The maximum atomic E-state index is 11.7. The Morgan fingerprint density at radius 3 is 2.33 bits per heavy atom. The van der Waals surface area contributed by atoms with E-state index in [1.807, 2.05) is 12.1 Å². The zero-order chi connectivity index (χ0) is 13.0. The molecule has 1 aromatic rings. The third-order valence-electron chi connectivity index (χ3n) is 3.65. The molecule has 4 heteroatoms. The lowest BCUT2D eigenvalue weighted by Crippen LogP contribution is -2.28. The minimum absolute atomic E-state index is 0.167. The van der Waals surface area contributed by atoms with Gasteiger partial charge in [-0.15, -0.1) is 0 Å². The van der Waals surface area contributed by atoms with Gasteiger partial charge in [-0.3, -0.25) is 0 Å². The fourth-order valence-electron chi connectivity index (χ4n) is 2.42. The second-order valence-corrected chi connectivity index (χ2v) is 7.22. The summed E-state index contributed by atoms with van der Waals surface area (Å²) in [6.07, 6.45) is 3.50. The fraction of sp³-hybridized carbons (Fsp3) is 0.571. The molecule has 0 aromatic heterocycles. The van der Waals surface area contributed by atoms with E-state index in [0.29, 0.717) is 4.90 Å². The summed E-state index contributed by atoms with van der Waals surface area (Å²) in [5.74, 6) is 0.903. The summed E-state index contributed by atoms with van der Waals surface area (Å²) < 4.78 is 23.4. The van der Waals surface area contributed by atoms with E-state index in [9.17, 15) is 8.42 Å². The quantitative estimate of drug-likeness (QED) is 0.908. The zero-order valence-corrected chi connectivity index (χ0v) is 11.7. The van der Waals surface area contributed by atoms with Crippen LogP contribution < -0.4 is 5.32 Å². The molecule has 1 aliphatic heterocycles. The van der Waals surface area contributed by atoms with Gasteiger partial charge < -0.3 is 5.32 Å². The molecule has 3 nitrogen and oxygen atoms in total. The van der Waals surface area contributed by atoms with Gasteiger partial charge in [0, 0.05) is 0 Å². The summed E-state index contributed by atoms with van der Waals surface area (Å²) in [5, 5.41) is 3.36. The molecule has 0 unspecified atom stereocenters. The van der Waals surface area contributed by atoms with Crippen LogP contribution in [0.3, 0.4) is 0 Å². The van der Waals surface area contributed by atoms with Crippen molar-refractivity contribution in [3.8, 4) is 0 Å². The number of hydrogen-bond donors (Lipinski definition) is 1. The summed E-state index contributed by atoms with van der Waals surface area (Å²) in [7, 11) is -3.06. The minimum atomic E-state index is -3.06. The van der Waals surface area contributed by atoms with Crippen molar-refractivity contribution in [2.45, 2.75) is 31.1 Å². The second kappa shape index (κ2) is 5.85. The monoisotopic (exact) mass is 267 g/mol. The van der Waals surface area contributed by atoms with Crippen LogP contribution in [0.2, 0.25) is 0 Å². The molecule has 2 rings (SSSR count). The van der Waals surface area contributed by atoms with Crippen molar-refractivity contribution >= 4 is 9.84 Å². The van der Waals surface area contributed by atoms with Gasteiger partial charge in [0.2, 0.25) is 0 Å². The Morgan fingerprint density at radius 1 is 1.17 bits per heavy atom. The van der Waals surface area contributed by atoms with Crippen LogP contribution >= 0.6 is 0 Å². The van der Waals surface area contributed by atoms with Crippen LogP contribution in [-0.4, -0.2) is 27.3 Å². The van der Waals surface area contributed by atoms with Crippen LogP contribution in [0.1, 0.15) is 25.3 Å². The summed E-state index contributed by atoms with van der Waals surface area (Å²) in [6.45, 7) is 3.89. The Kier molecular flexibility index (Phi) is 4.40. The predicted octanol–water partition coefficient (Wildman–Crippen LogP) is 2.02. The number of nitrogens with one attached hydrogen (secondary N) is 1. The SMILES string of the molecule is CCS(=O)(=O)c1ccc(CC2CCNCC2)cc1. The lowest BCUT2D eigenvalue weighted by Gasteiger charge is -2.22. The van der Waals surface area contributed by atoms with Crippen molar-refractivity contribution in [1.82, 2.24) is 5.32 Å². The Bertz CT molecular complexity index is 473. The molecule has 0 bridgehead atoms. The molecule has 1 saturated heterocycles. The fourth-order valence-corrected chi connectivity index (χ4v) is 3.30. The second-order valence-electron chi connectivity index (χ2n) is 4.94. The lowest BCUT2D eigenvalue weighted by molar-refractivity contribution is 0.372. The molecule has 18 heavy (non-hydrogen) atoms. The zero-order valence-electron chi connectivity index (χ0n) is 10.9. The van der Waals surface area contributed by atoms with E-state index in [0.717, 1.165) is 25.4 Å². The number of rotatable bonds is 4. The Hall–Kier alpha value is -0.870. The highest BCUT2D eigenvalue weighted by Gasteiger charge is 2.15. The largest absolute Gasteiger partial charge is 0.317 e. The van der Waals surface area contributed by atoms with Gasteiger partial charge in [0.1, 0.15) is 0 Å². The molecule has 1 aromatic carbocycles. The van der Waals surface area contributed by atoms with Gasteiger partial charge in [-0.25, -0.2) is 8.42 Å². The van der Waals surface area contributed by atoms with Gasteiger partial charge >= 0.3 is 0 Å². The van der Waals surface area contributed by atoms with E-state index >= 15 is 0 Å². The third-order valence-corrected chi connectivity index (χ3v) is 5.40. The van der Waals surface area contributed by atoms with E-state index in [1.165, 1.54) is 18.4 Å². The van der Waals surface area contributed by atoms with Gasteiger partial charge in [-0.05, 0) is 56.0 Å². The molecular formula is C14H21NO2S. The summed E-state index contributed by atoms with van der Waals surface area (Å²) in [6, 6.07) is 7.42. The van der Waals surface area contributed by atoms with Crippen molar-refractivity contribution in [3.63, 3.8) is 0 Å². The first-order valence-corrected chi connectivity index (χ1v) is 8.29. The lowest BCUT2D eigenvalue weighted by atomic mass is 9.91. The Labute approximate surface area is 110 Å². The molecular weight excluding hydrogens is 246 g/mol. The molecule has 0 aliphatic carbocycles. The van der Waals surface area contributed by atoms with E-state index in [-0.39, 0.29) is 5.75 Å². The Balaban J connectivity index is 2.03. The number of sulfone groups is 1. The molecule has 0 saturated carbocycles. The molecule has 0 spiro atoms. The average molecular weight is 267 g/mol. The van der Waals surface area contributed by atoms with E-state index in [1.54, 1.807) is 19.1 Å². The third kappa shape index (κ3) is 3.33. The maximum Gasteiger partial charge on any atom is 0.178 e. The first kappa shape index (κ1) is 13.6. The molecule has 1 fully saturated rings. The van der Waals surface area contributed by atoms with E-state index in [4.69, 9.17) is 0 Å². The number of benzene rings is 1. The Morgan fingerprint density at radius 2 is 1.78 bits per heavy atom. The van der Waals surface area contributed by atoms with Gasteiger partial charge in [-0.1, -0.05) is 19.1 Å². The van der Waals surface area contributed by atoms with Crippen molar-refractivity contribution in [3.05, 3.63) is 29.8 Å². The number of piperidine rings is 1. The standard InChI is InChI=1S/C14H21NO2S/c1-2-18(16,17)14-5-3-12(4-6-14)11-13-7-9-15-10-8-13/h3-6,13,15H,2,7-11H2,1H3. The first-order valence-electron chi connectivity index (χ1n) is 6.64. The van der Waals surface area contributed by atoms with Crippen LogP contribution in [0.4, 0.5) is 0 Å². The first-order chi connectivity index (χ1) is 8.62. The summed E-state index contributed by atoms with van der Waals surface area (Å²) in [4.78, 5) is 0.444. The van der Waals surface area contributed by atoms with Crippen molar-refractivity contribution < 1.29 is 8.42 Å². The van der Waals surface area contributed by atoms with Gasteiger partial charge in [0.15, 0.2) is 9.84 Å². The van der Waals surface area contributed by atoms with E-state index in [2.05, 4.69) is 5.32 Å². The smallest absolute Gasteiger partial charge is 0.178 e. The molecule has 1 N–H and O–H groups in total. The normalized spacial score (nSPS) is 17.8. The van der Waals surface area contributed by atoms with Crippen LogP contribution in [0.15, 0.2) is 29.2 Å². The molecule has 0 atom stereocenters. The molecule has 0 amide bonds. The molecule has 0 radical (unpaired) electrons. The van der Waals surface area contributed by atoms with Crippen LogP contribution in [0.25, 0.3) is 0 Å². The number of hydrogen-bond acceptors (Lipinski definition) is 3. The van der Waals surface area contributed by atoms with Crippen LogP contribution in [0, 0.1) is 5.92 Å². The van der Waals surface area contributed by atoms with Gasteiger partial charge in [0.05, 0.1) is 10.6 Å².